The number of halogens is 2. The number of aliphatic hydroxyl groups excluding tert-OH is 1. The number of rotatable bonds is 5. The number of nitrogens with zero attached hydrogens (tertiary/aromatic N) is 1. The van der Waals surface area contributed by atoms with Crippen molar-refractivity contribution >= 4 is 26.0 Å². The van der Waals surface area contributed by atoms with Crippen molar-refractivity contribution in [2.45, 2.75) is 11.5 Å². The summed E-state index contributed by atoms with van der Waals surface area (Å²) in [5.41, 5.74) is -0.0741. The molecule has 0 bridgehead atoms. The molecule has 0 aliphatic heterocycles. The minimum absolute atomic E-state index is 0.0722. The van der Waals surface area contributed by atoms with Gasteiger partial charge in [0.15, 0.2) is 0 Å². The maximum atomic E-state index is 13.9. The lowest BCUT2D eigenvalue weighted by Gasteiger charge is -2.16. The molecule has 100 valence electrons. The first-order chi connectivity index (χ1) is 8.34. The van der Waals surface area contributed by atoms with Gasteiger partial charge in [-0.1, -0.05) is 22.0 Å². The Bertz CT molecular complexity index is 560. The number of likely N-dealkylation sites (N-methyl/N-ethyl adjacent to an activating group) is 1. The predicted molar refractivity (Wildman–Crippen MR) is 70.0 cm³/mol. The van der Waals surface area contributed by atoms with E-state index in [2.05, 4.69) is 22.5 Å². The number of hydrogen-bond acceptors (Lipinski definition) is 3. The molecule has 0 heterocycles. The SMILES string of the molecule is C=CCN(C)S(=O)(=O)c1cc(Br)cc(CO)c1F. The molecule has 0 atom stereocenters. The summed E-state index contributed by atoms with van der Waals surface area (Å²) in [7, 11) is -2.61. The number of aliphatic hydroxyl groups is 1. The van der Waals surface area contributed by atoms with E-state index in [1.165, 1.54) is 25.3 Å². The van der Waals surface area contributed by atoms with E-state index in [0.29, 0.717) is 4.47 Å². The number of sulfonamides is 1. The van der Waals surface area contributed by atoms with Crippen LogP contribution in [-0.4, -0.2) is 31.4 Å². The van der Waals surface area contributed by atoms with E-state index in [9.17, 15) is 12.8 Å². The Hall–Kier alpha value is -0.760. The lowest BCUT2D eigenvalue weighted by molar-refractivity contribution is 0.274. The molecule has 1 N–H and O–H groups in total. The van der Waals surface area contributed by atoms with Crippen molar-refractivity contribution in [2.75, 3.05) is 13.6 Å². The topological polar surface area (TPSA) is 57.6 Å². The summed E-state index contributed by atoms with van der Waals surface area (Å²) in [5, 5.41) is 8.99. The van der Waals surface area contributed by atoms with E-state index >= 15 is 0 Å². The second-order valence-corrected chi connectivity index (χ2v) is 6.54. The quantitative estimate of drug-likeness (QED) is 0.834. The second-order valence-electron chi connectivity index (χ2n) is 3.61. The average molecular weight is 338 g/mol. The third kappa shape index (κ3) is 2.97. The van der Waals surface area contributed by atoms with Gasteiger partial charge in [0.05, 0.1) is 6.61 Å². The lowest BCUT2D eigenvalue weighted by atomic mass is 10.2. The van der Waals surface area contributed by atoms with Gasteiger partial charge in [0.1, 0.15) is 10.7 Å². The van der Waals surface area contributed by atoms with Gasteiger partial charge in [0, 0.05) is 23.6 Å². The van der Waals surface area contributed by atoms with E-state index in [1.807, 2.05) is 0 Å². The van der Waals surface area contributed by atoms with E-state index in [-0.39, 0.29) is 12.1 Å². The Kier molecular flexibility index (Phi) is 5.03. The molecule has 0 aromatic heterocycles. The molecule has 0 aliphatic carbocycles. The zero-order valence-electron chi connectivity index (χ0n) is 9.73. The molecule has 0 saturated heterocycles. The molecule has 0 aliphatic rings. The minimum Gasteiger partial charge on any atom is -0.392 e. The van der Waals surface area contributed by atoms with Crippen LogP contribution in [0, 0.1) is 5.82 Å². The molecule has 18 heavy (non-hydrogen) atoms. The summed E-state index contributed by atoms with van der Waals surface area (Å²) in [6, 6.07) is 2.51. The van der Waals surface area contributed by atoms with Gasteiger partial charge in [-0.3, -0.25) is 0 Å². The molecular weight excluding hydrogens is 325 g/mol. The Morgan fingerprint density at radius 1 is 1.56 bits per heavy atom. The fraction of sp³-hybridized carbons (Fsp3) is 0.273. The third-order valence-electron chi connectivity index (χ3n) is 2.32. The van der Waals surface area contributed by atoms with Crippen LogP contribution in [0.15, 0.2) is 34.2 Å². The lowest BCUT2D eigenvalue weighted by Crippen LogP contribution is -2.28. The van der Waals surface area contributed by atoms with Crippen LogP contribution in [0.25, 0.3) is 0 Å². The van der Waals surface area contributed by atoms with Crippen LogP contribution in [0.5, 0.6) is 0 Å². The molecule has 0 unspecified atom stereocenters. The first-order valence-corrected chi connectivity index (χ1v) is 7.24. The Labute approximate surface area is 114 Å². The Morgan fingerprint density at radius 2 is 2.17 bits per heavy atom. The van der Waals surface area contributed by atoms with Crippen LogP contribution in [0.1, 0.15) is 5.56 Å². The molecule has 1 aromatic carbocycles. The number of benzene rings is 1. The van der Waals surface area contributed by atoms with Crippen molar-refractivity contribution in [3.05, 3.63) is 40.6 Å². The fourth-order valence-electron chi connectivity index (χ4n) is 1.37. The van der Waals surface area contributed by atoms with Crippen molar-refractivity contribution < 1.29 is 17.9 Å². The van der Waals surface area contributed by atoms with Crippen molar-refractivity contribution in [3.8, 4) is 0 Å². The molecule has 0 radical (unpaired) electrons. The maximum absolute atomic E-state index is 13.9. The zero-order valence-corrected chi connectivity index (χ0v) is 12.1. The molecule has 7 heteroatoms. The van der Waals surface area contributed by atoms with Crippen LogP contribution in [0.2, 0.25) is 0 Å². The van der Waals surface area contributed by atoms with Gasteiger partial charge < -0.3 is 5.11 Å². The summed E-state index contributed by atoms with van der Waals surface area (Å²) < 4.78 is 39.5. The van der Waals surface area contributed by atoms with Crippen molar-refractivity contribution in [1.29, 1.82) is 0 Å². The Balaban J connectivity index is 3.41. The molecule has 4 nitrogen and oxygen atoms in total. The standard InChI is InChI=1S/C11H13BrFNO3S/c1-3-4-14(2)18(16,17)10-6-9(12)5-8(7-15)11(10)13/h3,5-6,15H,1,4,7H2,2H3. The van der Waals surface area contributed by atoms with Gasteiger partial charge in [0.25, 0.3) is 0 Å². The van der Waals surface area contributed by atoms with E-state index in [4.69, 9.17) is 5.11 Å². The van der Waals surface area contributed by atoms with E-state index in [1.54, 1.807) is 0 Å². The molecule has 0 spiro atoms. The summed E-state index contributed by atoms with van der Waals surface area (Å²) in [6.07, 6.45) is 1.40. The van der Waals surface area contributed by atoms with Gasteiger partial charge in [-0.25, -0.2) is 12.8 Å². The molecular formula is C11H13BrFNO3S. The average Bonchev–Trinajstić information content (AvgIpc) is 2.31. The zero-order chi connectivity index (χ0) is 13.9. The van der Waals surface area contributed by atoms with Gasteiger partial charge in [-0.05, 0) is 12.1 Å². The first-order valence-electron chi connectivity index (χ1n) is 5.00. The summed E-state index contributed by atoms with van der Waals surface area (Å²) in [4.78, 5) is -0.467. The van der Waals surface area contributed by atoms with Gasteiger partial charge in [-0.2, -0.15) is 4.31 Å². The highest BCUT2D eigenvalue weighted by molar-refractivity contribution is 9.10. The Morgan fingerprint density at radius 3 is 2.67 bits per heavy atom. The summed E-state index contributed by atoms with van der Waals surface area (Å²) in [5.74, 6) is -0.934. The van der Waals surface area contributed by atoms with E-state index < -0.39 is 27.3 Å². The molecule has 0 amide bonds. The predicted octanol–water partition coefficient (Wildman–Crippen LogP) is 1.89. The first kappa shape index (κ1) is 15.3. The highest BCUT2D eigenvalue weighted by Gasteiger charge is 2.25. The maximum Gasteiger partial charge on any atom is 0.246 e. The van der Waals surface area contributed by atoms with Gasteiger partial charge in [-0.15, -0.1) is 6.58 Å². The fourth-order valence-corrected chi connectivity index (χ4v) is 3.30. The second kappa shape index (κ2) is 5.92. The molecule has 1 rings (SSSR count). The largest absolute Gasteiger partial charge is 0.392 e. The summed E-state index contributed by atoms with van der Waals surface area (Å²) in [6.45, 7) is 2.93. The van der Waals surface area contributed by atoms with Crippen molar-refractivity contribution in [2.24, 2.45) is 0 Å². The van der Waals surface area contributed by atoms with Crippen LogP contribution >= 0.6 is 15.9 Å². The van der Waals surface area contributed by atoms with Crippen LogP contribution < -0.4 is 0 Å². The molecule has 0 fully saturated rings. The normalized spacial score (nSPS) is 11.8. The van der Waals surface area contributed by atoms with Crippen LogP contribution in [0.4, 0.5) is 4.39 Å². The third-order valence-corrected chi connectivity index (χ3v) is 4.60. The minimum atomic E-state index is -3.94. The molecule has 0 saturated carbocycles. The van der Waals surface area contributed by atoms with Gasteiger partial charge >= 0.3 is 0 Å². The van der Waals surface area contributed by atoms with Gasteiger partial charge in [0.2, 0.25) is 10.0 Å². The monoisotopic (exact) mass is 337 g/mol. The van der Waals surface area contributed by atoms with E-state index in [0.717, 1.165) is 4.31 Å². The van der Waals surface area contributed by atoms with Crippen LogP contribution in [-0.2, 0) is 16.6 Å². The van der Waals surface area contributed by atoms with Crippen molar-refractivity contribution in [1.82, 2.24) is 4.31 Å². The number of hydrogen-bond donors (Lipinski definition) is 1. The highest BCUT2D eigenvalue weighted by Crippen LogP contribution is 2.26. The molecule has 1 aromatic rings. The summed E-state index contributed by atoms with van der Waals surface area (Å²) >= 11 is 3.09. The smallest absolute Gasteiger partial charge is 0.246 e. The highest BCUT2D eigenvalue weighted by atomic mass is 79.9. The van der Waals surface area contributed by atoms with Crippen molar-refractivity contribution in [3.63, 3.8) is 0 Å². The van der Waals surface area contributed by atoms with Crippen LogP contribution in [0.3, 0.4) is 0 Å².